The third-order valence-corrected chi connectivity index (χ3v) is 5.70. The van der Waals surface area contributed by atoms with Gasteiger partial charge in [0.25, 0.3) is 11.8 Å². The molecule has 1 N–H and O–H groups in total. The van der Waals surface area contributed by atoms with Crippen LogP contribution in [0.5, 0.6) is 5.75 Å². The Morgan fingerprint density at radius 1 is 0.875 bits per heavy atom. The molecule has 3 aromatic rings. The predicted octanol–water partition coefficient (Wildman–Crippen LogP) is 5.27. The number of rotatable bonds is 6. The second-order valence-electron chi connectivity index (χ2n) is 7.89. The van der Waals surface area contributed by atoms with Crippen molar-refractivity contribution in [3.63, 3.8) is 0 Å². The first kappa shape index (κ1) is 21.4. The van der Waals surface area contributed by atoms with Crippen molar-refractivity contribution in [2.75, 3.05) is 17.3 Å². The van der Waals surface area contributed by atoms with Crippen molar-refractivity contribution >= 4 is 28.8 Å². The summed E-state index contributed by atoms with van der Waals surface area (Å²) in [6, 6.07) is 20.7. The first-order chi connectivity index (χ1) is 15.4. The second kappa shape index (κ2) is 8.71. The number of imide groups is 1. The van der Waals surface area contributed by atoms with E-state index in [2.05, 4.69) is 12.2 Å². The lowest BCUT2D eigenvalue weighted by Crippen LogP contribution is -2.32. The Kier molecular flexibility index (Phi) is 5.82. The number of anilines is 2. The lowest BCUT2D eigenvalue weighted by Gasteiger charge is -2.16. The summed E-state index contributed by atoms with van der Waals surface area (Å²) in [4.78, 5) is 28.3. The van der Waals surface area contributed by atoms with Crippen molar-refractivity contribution < 1.29 is 14.3 Å². The van der Waals surface area contributed by atoms with Crippen molar-refractivity contribution in [3.8, 4) is 5.75 Å². The fourth-order valence-corrected chi connectivity index (χ4v) is 3.92. The molecule has 1 aliphatic rings. The minimum absolute atomic E-state index is 0.280. The quantitative estimate of drug-likeness (QED) is 0.546. The van der Waals surface area contributed by atoms with Crippen LogP contribution in [0.2, 0.25) is 0 Å². The van der Waals surface area contributed by atoms with Gasteiger partial charge in [0.05, 0.1) is 18.4 Å². The van der Waals surface area contributed by atoms with Crippen LogP contribution in [0.1, 0.15) is 29.2 Å². The van der Waals surface area contributed by atoms with Crippen molar-refractivity contribution in [2.45, 2.75) is 27.2 Å². The van der Waals surface area contributed by atoms with E-state index in [0.717, 1.165) is 28.8 Å². The fraction of sp³-hybridized carbons (Fsp3) is 0.185. The molecule has 5 heteroatoms. The van der Waals surface area contributed by atoms with Crippen molar-refractivity contribution in [2.24, 2.45) is 0 Å². The average molecular weight is 427 g/mol. The highest BCUT2D eigenvalue weighted by Gasteiger charge is 2.40. The molecule has 162 valence electrons. The molecule has 0 radical (unpaired) electrons. The monoisotopic (exact) mass is 426 g/mol. The summed E-state index contributed by atoms with van der Waals surface area (Å²) in [5, 5.41) is 3.23. The van der Waals surface area contributed by atoms with Crippen molar-refractivity contribution in [1.29, 1.82) is 0 Å². The SMILES string of the molecule is CCc1ccc(NC2=C(c3ccc(C)cc3C)C(=O)N(c3ccc(OC)cc3)C2=O)cc1. The summed E-state index contributed by atoms with van der Waals surface area (Å²) in [5.74, 6) is -0.0701. The Morgan fingerprint density at radius 3 is 2.16 bits per heavy atom. The summed E-state index contributed by atoms with van der Waals surface area (Å²) in [6.45, 7) is 6.05. The summed E-state index contributed by atoms with van der Waals surface area (Å²) >= 11 is 0. The zero-order valence-corrected chi connectivity index (χ0v) is 18.7. The molecule has 0 saturated carbocycles. The number of ether oxygens (including phenoxy) is 1. The van der Waals surface area contributed by atoms with Crippen LogP contribution in [0.4, 0.5) is 11.4 Å². The number of carbonyl (C=O) groups is 2. The van der Waals surface area contributed by atoms with E-state index in [0.29, 0.717) is 17.0 Å². The van der Waals surface area contributed by atoms with Crippen LogP contribution in [-0.2, 0) is 16.0 Å². The van der Waals surface area contributed by atoms with Crippen LogP contribution in [0.3, 0.4) is 0 Å². The van der Waals surface area contributed by atoms with E-state index >= 15 is 0 Å². The Morgan fingerprint density at radius 2 is 1.56 bits per heavy atom. The van der Waals surface area contributed by atoms with Gasteiger partial charge in [-0.1, -0.05) is 42.8 Å². The maximum absolute atomic E-state index is 13.6. The molecule has 32 heavy (non-hydrogen) atoms. The average Bonchev–Trinajstić information content (AvgIpc) is 3.04. The first-order valence-corrected chi connectivity index (χ1v) is 10.6. The van der Waals surface area contributed by atoms with Crippen LogP contribution < -0.4 is 15.0 Å². The molecule has 2 amide bonds. The molecule has 0 spiro atoms. The molecule has 0 aromatic heterocycles. The second-order valence-corrected chi connectivity index (χ2v) is 7.89. The van der Waals surface area contributed by atoms with Gasteiger partial charge in [0.2, 0.25) is 0 Å². The highest BCUT2D eigenvalue weighted by Crippen LogP contribution is 2.35. The van der Waals surface area contributed by atoms with E-state index in [1.165, 1.54) is 10.5 Å². The van der Waals surface area contributed by atoms with Crippen LogP contribution in [0.25, 0.3) is 5.57 Å². The minimum atomic E-state index is -0.380. The maximum atomic E-state index is 13.6. The molecule has 4 rings (SSSR count). The summed E-state index contributed by atoms with van der Waals surface area (Å²) in [5.41, 5.74) is 5.91. The van der Waals surface area contributed by atoms with Crippen LogP contribution in [0, 0.1) is 13.8 Å². The van der Waals surface area contributed by atoms with Gasteiger partial charge in [0.15, 0.2) is 0 Å². The smallest absolute Gasteiger partial charge is 0.282 e. The van der Waals surface area contributed by atoms with E-state index in [1.807, 2.05) is 56.3 Å². The third-order valence-electron chi connectivity index (χ3n) is 5.70. The van der Waals surface area contributed by atoms with Gasteiger partial charge < -0.3 is 10.1 Å². The molecule has 3 aromatic carbocycles. The van der Waals surface area contributed by atoms with E-state index in [-0.39, 0.29) is 17.5 Å². The normalized spacial score (nSPS) is 13.7. The lowest BCUT2D eigenvalue weighted by atomic mass is 9.97. The van der Waals surface area contributed by atoms with Crippen LogP contribution in [-0.4, -0.2) is 18.9 Å². The zero-order chi connectivity index (χ0) is 22.8. The molecule has 0 fully saturated rings. The number of aryl methyl sites for hydroxylation is 3. The number of benzene rings is 3. The molecule has 0 unspecified atom stereocenters. The van der Waals surface area contributed by atoms with E-state index in [9.17, 15) is 9.59 Å². The van der Waals surface area contributed by atoms with Crippen LogP contribution >= 0.6 is 0 Å². The molecule has 1 heterocycles. The lowest BCUT2D eigenvalue weighted by molar-refractivity contribution is -0.120. The van der Waals surface area contributed by atoms with Gasteiger partial charge in [-0.25, -0.2) is 4.90 Å². The van der Waals surface area contributed by atoms with Crippen LogP contribution in [0.15, 0.2) is 72.4 Å². The van der Waals surface area contributed by atoms with Gasteiger partial charge in [0, 0.05) is 5.69 Å². The van der Waals surface area contributed by atoms with E-state index in [4.69, 9.17) is 4.74 Å². The van der Waals surface area contributed by atoms with Crippen molar-refractivity contribution in [1.82, 2.24) is 0 Å². The molecule has 0 bridgehead atoms. The van der Waals surface area contributed by atoms with Gasteiger partial charge in [-0.3, -0.25) is 9.59 Å². The molecule has 0 atom stereocenters. The summed E-state index contributed by atoms with van der Waals surface area (Å²) < 4.78 is 5.21. The highest BCUT2D eigenvalue weighted by molar-refractivity contribution is 6.46. The Hall–Kier alpha value is -3.86. The number of nitrogens with one attached hydrogen (secondary N) is 1. The standard InChI is InChI=1S/C27H26N2O3/c1-5-19-7-9-20(10-8-19)28-25-24(23-15-6-17(2)16-18(23)3)26(30)29(27(25)31)21-11-13-22(32-4)14-12-21/h6-16,28H,5H2,1-4H3. The number of hydrogen-bond donors (Lipinski definition) is 1. The van der Waals surface area contributed by atoms with Gasteiger partial charge in [0.1, 0.15) is 11.4 Å². The third kappa shape index (κ3) is 3.89. The number of carbonyl (C=O) groups excluding carboxylic acids is 2. The zero-order valence-electron chi connectivity index (χ0n) is 18.7. The van der Waals surface area contributed by atoms with Gasteiger partial charge in [-0.15, -0.1) is 0 Å². The summed E-state index contributed by atoms with van der Waals surface area (Å²) in [6.07, 6.45) is 0.930. The van der Waals surface area contributed by atoms with Gasteiger partial charge in [-0.05, 0) is 73.4 Å². The minimum Gasteiger partial charge on any atom is -0.497 e. The predicted molar refractivity (Wildman–Crippen MR) is 128 cm³/mol. The maximum Gasteiger partial charge on any atom is 0.282 e. The molecule has 0 saturated heterocycles. The number of methoxy groups -OCH3 is 1. The number of hydrogen-bond acceptors (Lipinski definition) is 4. The van der Waals surface area contributed by atoms with Gasteiger partial charge >= 0.3 is 0 Å². The highest BCUT2D eigenvalue weighted by atomic mass is 16.5. The fourth-order valence-electron chi connectivity index (χ4n) is 3.92. The molecular weight excluding hydrogens is 400 g/mol. The molecular formula is C27H26N2O3. The molecule has 5 nitrogen and oxygen atoms in total. The first-order valence-electron chi connectivity index (χ1n) is 10.6. The van der Waals surface area contributed by atoms with Gasteiger partial charge in [-0.2, -0.15) is 0 Å². The largest absolute Gasteiger partial charge is 0.497 e. The Bertz CT molecular complexity index is 1210. The summed E-state index contributed by atoms with van der Waals surface area (Å²) in [7, 11) is 1.58. The van der Waals surface area contributed by atoms with Crippen molar-refractivity contribution in [3.05, 3.63) is 94.7 Å². The molecule has 0 aliphatic carbocycles. The number of nitrogens with zero attached hydrogens (tertiary/aromatic N) is 1. The van der Waals surface area contributed by atoms with E-state index < -0.39 is 0 Å². The number of amides is 2. The topological polar surface area (TPSA) is 58.6 Å². The van der Waals surface area contributed by atoms with E-state index in [1.54, 1.807) is 31.4 Å². The Balaban J connectivity index is 1.80. The Labute approximate surface area is 188 Å². The molecule has 1 aliphatic heterocycles.